The first-order valence-corrected chi connectivity index (χ1v) is 12.8. The fourth-order valence-corrected chi connectivity index (χ4v) is 5.57. The Kier molecular flexibility index (Phi) is 8.58. The molecule has 0 saturated carbocycles. The van der Waals surface area contributed by atoms with Crippen molar-refractivity contribution in [1.29, 1.82) is 0 Å². The quantitative estimate of drug-likeness (QED) is 0.489. The highest BCUT2D eigenvalue weighted by atomic mass is 15.1. The minimum Gasteiger partial charge on any atom is -0.302 e. The third-order valence-corrected chi connectivity index (χ3v) is 8.19. The van der Waals surface area contributed by atoms with Gasteiger partial charge in [0.25, 0.3) is 0 Å². The van der Waals surface area contributed by atoms with E-state index >= 15 is 0 Å². The van der Waals surface area contributed by atoms with Gasteiger partial charge in [-0.15, -0.1) is 0 Å². The van der Waals surface area contributed by atoms with Crippen LogP contribution in [0.3, 0.4) is 0 Å². The molecular weight excluding hydrogens is 376 g/mol. The first kappa shape index (κ1) is 24.3. The van der Waals surface area contributed by atoms with Crippen molar-refractivity contribution in [3.8, 4) is 0 Å². The van der Waals surface area contributed by atoms with Crippen LogP contribution >= 0.6 is 0 Å². The van der Waals surface area contributed by atoms with Crippen LogP contribution in [0.2, 0.25) is 0 Å². The number of benzene rings is 1. The number of hydrogen-bond donors (Lipinski definition) is 0. The Labute approximate surface area is 192 Å². The standard InChI is InChI=1S/C29H46N2/c1-8-25-15-12-24(20-30(6)9-2)19-29(25)27-16-17-28(21(3)18-27)26-13-10-22(4)31(7)23(5)11-14-26/h12,15-17,19,21-23,26H,8-11,13-14,18,20H2,1-7H3. The van der Waals surface area contributed by atoms with Gasteiger partial charge in [0.15, 0.2) is 0 Å². The van der Waals surface area contributed by atoms with Crippen LogP contribution in [-0.2, 0) is 13.0 Å². The predicted molar refractivity (Wildman–Crippen MR) is 136 cm³/mol. The SMILES string of the molecule is CCc1ccc(CN(C)CC)cc1C1=CC=C(C2CCC(C)N(C)C(C)CC2)C(C)C1. The number of aryl methyl sites for hydroxylation is 1. The van der Waals surface area contributed by atoms with Gasteiger partial charge in [-0.05, 0) is 113 Å². The Morgan fingerprint density at radius 1 is 0.968 bits per heavy atom. The van der Waals surface area contributed by atoms with Crippen molar-refractivity contribution in [3.63, 3.8) is 0 Å². The van der Waals surface area contributed by atoms with Crippen molar-refractivity contribution in [2.75, 3.05) is 20.6 Å². The second kappa shape index (κ2) is 11.0. The Morgan fingerprint density at radius 3 is 2.23 bits per heavy atom. The summed E-state index contributed by atoms with van der Waals surface area (Å²) in [6, 6.07) is 8.56. The normalized spacial score (nSPS) is 28.1. The fraction of sp³-hybridized carbons (Fsp3) is 0.655. The summed E-state index contributed by atoms with van der Waals surface area (Å²) >= 11 is 0. The molecule has 172 valence electrons. The summed E-state index contributed by atoms with van der Waals surface area (Å²) in [6.07, 6.45) is 12.6. The Balaban J connectivity index is 1.83. The van der Waals surface area contributed by atoms with Crippen molar-refractivity contribution in [2.24, 2.45) is 11.8 Å². The lowest BCUT2D eigenvalue weighted by molar-refractivity contribution is 0.148. The highest BCUT2D eigenvalue weighted by Crippen LogP contribution is 2.40. The molecule has 1 fully saturated rings. The maximum absolute atomic E-state index is 2.59. The maximum Gasteiger partial charge on any atom is 0.0230 e. The maximum atomic E-state index is 2.59. The van der Waals surface area contributed by atoms with Gasteiger partial charge < -0.3 is 9.80 Å². The van der Waals surface area contributed by atoms with E-state index in [-0.39, 0.29) is 0 Å². The van der Waals surface area contributed by atoms with E-state index in [9.17, 15) is 0 Å². The van der Waals surface area contributed by atoms with E-state index in [1.165, 1.54) is 48.8 Å². The number of allylic oxidation sites excluding steroid dienone is 4. The van der Waals surface area contributed by atoms with Gasteiger partial charge in [-0.3, -0.25) is 0 Å². The van der Waals surface area contributed by atoms with E-state index in [2.05, 4.69) is 88.9 Å². The van der Waals surface area contributed by atoms with Crippen LogP contribution in [0.1, 0.15) is 83.4 Å². The molecule has 0 spiro atoms. The molecule has 0 amide bonds. The summed E-state index contributed by atoms with van der Waals surface area (Å²) in [5.74, 6) is 1.42. The van der Waals surface area contributed by atoms with Gasteiger partial charge in [0.05, 0.1) is 0 Å². The van der Waals surface area contributed by atoms with E-state index in [4.69, 9.17) is 0 Å². The molecule has 2 aliphatic rings. The van der Waals surface area contributed by atoms with Crippen LogP contribution in [0.5, 0.6) is 0 Å². The number of rotatable bonds is 6. The smallest absolute Gasteiger partial charge is 0.0230 e. The van der Waals surface area contributed by atoms with Crippen molar-refractivity contribution in [3.05, 3.63) is 52.6 Å². The van der Waals surface area contributed by atoms with Crippen molar-refractivity contribution >= 4 is 5.57 Å². The van der Waals surface area contributed by atoms with E-state index < -0.39 is 0 Å². The fourth-order valence-electron chi connectivity index (χ4n) is 5.57. The van der Waals surface area contributed by atoms with Gasteiger partial charge in [0, 0.05) is 18.6 Å². The average molecular weight is 423 g/mol. The molecule has 0 bridgehead atoms. The highest BCUT2D eigenvalue weighted by Gasteiger charge is 2.28. The lowest BCUT2D eigenvalue weighted by Gasteiger charge is -2.37. The van der Waals surface area contributed by atoms with E-state index in [0.29, 0.717) is 18.0 Å². The van der Waals surface area contributed by atoms with E-state index in [1.807, 2.05) is 0 Å². The Hall–Kier alpha value is -1.38. The van der Waals surface area contributed by atoms with Crippen LogP contribution in [0, 0.1) is 11.8 Å². The third-order valence-electron chi connectivity index (χ3n) is 8.19. The Morgan fingerprint density at radius 2 is 1.65 bits per heavy atom. The molecule has 0 N–H and O–H groups in total. The van der Waals surface area contributed by atoms with Crippen LogP contribution in [0.15, 0.2) is 35.9 Å². The summed E-state index contributed by atoms with van der Waals surface area (Å²) < 4.78 is 0. The molecule has 3 atom stereocenters. The number of likely N-dealkylation sites (tertiary alicyclic amines) is 1. The lowest BCUT2D eigenvalue weighted by atomic mass is 9.75. The van der Waals surface area contributed by atoms with Crippen LogP contribution in [0.4, 0.5) is 0 Å². The number of hydrogen-bond acceptors (Lipinski definition) is 2. The summed E-state index contributed by atoms with van der Waals surface area (Å²) in [5, 5.41) is 0. The molecular formula is C29H46N2. The molecule has 1 aromatic carbocycles. The molecule has 2 nitrogen and oxygen atoms in total. The highest BCUT2D eigenvalue weighted by molar-refractivity contribution is 5.72. The molecule has 3 unspecified atom stereocenters. The van der Waals surface area contributed by atoms with Gasteiger partial charge in [0.2, 0.25) is 0 Å². The van der Waals surface area contributed by atoms with Gasteiger partial charge in [-0.25, -0.2) is 0 Å². The molecule has 1 saturated heterocycles. The molecule has 1 heterocycles. The van der Waals surface area contributed by atoms with Gasteiger partial charge >= 0.3 is 0 Å². The van der Waals surface area contributed by atoms with Crippen molar-refractivity contribution in [2.45, 2.75) is 91.8 Å². The van der Waals surface area contributed by atoms with Crippen LogP contribution < -0.4 is 0 Å². The first-order valence-electron chi connectivity index (χ1n) is 12.8. The largest absolute Gasteiger partial charge is 0.302 e. The first-order chi connectivity index (χ1) is 14.8. The van der Waals surface area contributed by atoms with Crippen molar-refractivity contribution in [1.82, 2.24) is 9.80 Å². The monoisotopic (exact) mass is 422 g/mol. The lowest BCUT2D eigenvalue weighted by Crippen LogP contribution is -2.39. The minimum absolute atomic E-state index is 0.652. The van der Waals surface area contributed by atoms with Gasteiger partial charge in [0.1, 0.15) is 0 Å². The molecule has 2 heteroatoms. The zero-order chi connectivity index (χ0) is 22.5. The van der Waals surface area contributed by atoms with Gasteiger partial charge in [-0.2, -0.15) is 0 Å². The second-order valence-corrected chi connectivity index (χ2v) is 10.4. The Bertz CT molecular complexity index is 776. The molecule has 1 aliphatic heterocycles. The number of nitrogens with zero attached hydrogens (tertiary/aromatic N) is 2. The summed E-state index contributed by atoms with van der Waals surface area (Å²) in [6.45, 7) is 13.9. The molecule has 0 radical (unpaired) electrons. The third kappa shape index (κ3) is 5.90. The van der Waals surface area contributed by atoms with Crippen molar-refractivity contribution < 1.29 is 0 Å². The van der Waals surface area contributed by atoms with Crippen LogP contribution in [-0.4, -0.2) is 42.5 Å². The molecule has 3 rings (SSSR count). The molecule has 31 heavy (non-hydrogen) atoms. The minimum atomic E-state index is 0.652. The van der Waals surface area contributed by atoms with E-state index in [1.54, 1.807) is 11.1 Å². The predicted octanol–water partition coefficient (Wildman–Crippen LogP) is 6.95. The second-order valence-electron chi connectivity index (χ2n) is 10.4. The van der Waals surface area contributed by atoms with E-state index in [0.717, 1.165) is 25.4 Å². The van der Waals surface area contributed by atoms with Gasteiger partial charge in [-0.1, -0.05) is 50.6 Å². The van der Waals surface area contributed by atoms with Crippen LogP contribution in [0.25, 0.3) is 5.57 Å². The molecule has 1 aliphatic carbocycles. The summed E-state index contributed by atoms with van der Waals surface area (Å²) in [5.41, 5.74) is 7.68. The topological polar surface area (TPSA) is 6.48 Å². The molecule has 0 aromatic heterocycles. The molecule has 1 aromatic rings. The zero-order valence-electron chi connectivity index (χ0n) is 21.2. The average Bonchev–Trinajstić information content (AvgIpc) is 2.77. The summed E-state index contributed by atoms with van der Waals surface area (Å²) in [7, 11) is 4.52. The summed E-state index contributed by atoms with van der Waals surface area (Å²) in [4.78, 5) is 4.97. The zero-order valence-corrected chi connectivity index (χ0v) is 21.2.